The van der Waals surface area contributed by atoms with Crippen LogP contribution >= 0.6 is 7.82 Å². The number of phosphoric ester groups is 1. The molecule has 76 heavy (non-hydrogen) atoms. The molecular weight excluding hydrogens is 964 g/mol. The van der Waals surface area contributed by atoms with E-state index in [0.717, 1.165) is 64.2 Å². The number of nitrogens with zero attached hydrogens (tertiary/aromatic N) is 1. The van der Waals surface area contributed by atoms with Crippen LogP contribution in [-0.2, 0) is 27.9 Å². The van der Waals surface area contributed by atoms with E-state index in [9.17, 15) is 19.0 Å². The predicted octanol–water partition coefficient (Wildman–Crippen LogP) is 18.8. The van der Waals surface area contributed by atoms with Gasteiger partial charge < -0.3 is 28.5 Å². The smallest absolute Gasteiger partial charge is 0.306 e. The molecule has 9 nitrogen and oxygen atoms in total. The molecule has 0 aromatic rings. The average Bonchev–Trinajstić information content (AvgIpc) is 3.38. The number of carbonyl (C=O) groups excluding carboxylic acids is 2. The van der Waals surface area contributed by atoms with Crippen LogP contribution in [0.2, 0.25) is 0 Å². The molecule has 0 rings (SSSR count). The zero-order chi connectivity index (χ0) is 55.7. The molecule has 0 fully saturated rings. The second-order valence-electron chi connectivity index (χ2n) is 22.3. The lowest BCUT2D eigenvalue weighted by Crippen LogP contribution is -2.47. The highest BCUT2D eigenvalue weighted by atomic mass is 31.2. The number of nitrogens with one attached hydrogen (secondary N) is 1. The van der Waals surface area contributed by atoms with Crippen LogP contribution in [-0.4, -0.2) is 69.4 Å². The maximum absolute atomic E-state index is 13.5. The van der Waals surface area contributed by atoms with Crippen LogP contribution in [0.1, 0.15) is 271 Å². The fraction of sp³-hybridized carbons (Fsp3) is 0.758. The van der Waals surface area contributed by atoms with Crippen molar-refractivity contribution in [2.75, 3.05) is 40.9 Å². The van der Waals surface area contributed by atoms with Crippen LogP contribution in [0, 0.1) is 0 Å². The molecule has 0 radical (unpaired) electrons. The number of ether oxygens (including phenoxy) is 1. The van der Waals surface area contributed by atoms with Gasteiger partial charge in [-0.25, -0.2) is 0 Å². The first-order valence-corrected chi connectivity index (χ1v) is 32.9. The largest absolute Gasteiger partial charge is 0.756 e. The zero-order valence-electron chi connectivity index (χ0n) is 50.2. The maximum atomic E-state index is 13.5. The Morgan fingerprint density at radius 2 is 0.842 bits per heavy atom. The van der Waals surface area contributed by atoms with Gasteiger partial charge in [-0.3, -0.25) is 14.2 Å². The van der Waals surface area contributed by atoms with Crippen molar-refractivity contribution >= 4 is 19.7 Å². The second kappa shape index (κ2) is 55.5. The van der Waals surface area contributed by atoms with E-state index in [0.29, 0.717) is 23.9 Å². The van der Waals surface area contributed by atoms with Crippen molar-refractivity contribution in [3.63, 3.8) is 0 Å². The standard InChI is InChI=1S/C66H119N2O7P/c1-7-10-13-16-19-22-25-28-30-32-33-34-35-37-38-40-43-46-49-52-55-58-65(69)67-63(62-74-76(71,72)73-61-60-68(4,5)6)64(57-54-51-48-45-42-27-24-21-18-15-12-9-3)75-66(70)59-56-53-50-47-44-41-39-36-31-29-26-23-20-17-14-11-8-2/h11,14,17,20,23,26,29,31,36,39,41,44,54,57,63-64H,7-10,12-13,15-16,18-19,21-22,24-25,27-28,30,32-35,37-38,40,42-43,45-53,55-56,58-62H2,1-6H3,(H-,67,69,71,72)/b14-11-,20-17+,26-23+,31-29-,39-36+,44-41+,57-54+. The monoisotopic (exact) mass is 1080 g/mol. The zero-order valence-corrected chi connectivity index (χ0v) is 51.1. The number of phosphoric acid groups is 1. The van der Waals surface area contributed by atoms with Gasteiger partial charge in [0.05, 0.1) is 33.8 Å². The maximum Gasteiger partial charge on any atom is 0.306 e. The molecule has 0 aliphatic rings. The number of carbonyl (C=O) groups is 2. The Balaban J connectivity index is 5.28. The normalized spacial score (nSPS) is 14.2. The molecule has 0 bridgehead atoms. The van der Waals surface area contributed by atoms with E-state index in [2.05, 4.69) is 38.2 Å². The van der Waals surface area contributed by atoms with Crippen LogP contribution in [0.15, 0.2) is 85.1 Å². The highest BCUT2D eigenvalue weighted by Gasteiger charge is 2.27. The van der Waals surface area contributed by atoms with Crippen molar-refractivity contribution in [1.29, 1.82) is 0 Å². The number of quaternary nitrogens is 1. The molecule has 1 N–H and O–H groups in total. The van der Waals surface area contributed by atoms with Crippen LogP contribution in [0.4, 0.5) is 0 Å². The Morgan fingerprint density at radius 3 is 1.28 bits per heavy atom. The Kier molecular flexibility index (Phi) is 53.5. The van der Waals surface area contributed by atoms with Crippen molar-refractivity contribution in [2.45, 2.75) is 283 Å². The minimum Gasteiger partial charge on any atom is -0.756 e. The number of likely N-dealkylation sites (N-methyl/N-ethyl adjacent to an activating group) is 1. The number of amides is 1. The van der Waals surface area contributed by atoms with E-state index in [-0.39, 0.29) is 24.9 Å². The van der Waals surface area contributed by atoms with Gasteiger partial charge in [-0.15, -0.1) is 0 Å². The van der Waals surface area contributed by atoms with Gasteiger partial charge in [-0.1, -0.05) is 292 Å². The molecule has 0 aliphatic heterocycles. The van der Waals surface area contributed by atoms with Crippen molar-refractivity contribution < 1.29 is 37.3 Å². The molecule has 0 aromatic heterocycles. The number of hydrogen-bond donors (Lipinski definition) is 1. The summed E-state index contributed by atoms with van der Waals surface area (Å²) in [6.45, 7) is 6.68. The van der Waals surface area contributed by atoms with E-state index in [1.807, 2.05) is 94.1 Å². The van der Waals surface area contributed by atoms with Gasteiger partial charge in [0.25, 0.3) is 7.82 Å². The molecule has 0 heterocycles. The van der Waals surface area contributed by atoms with Crippen molar-refractivity contribution in [1.82, 2.24) is 5.32 Å². The Hall–Kier alpha value is -2.81. The number of esters is 1. The summed E-state index contributed by atoms with van der Waals surface area (Å²) in [4.78, 5) is 40.0. The Bertz CT molecular complexity index is 1580. The summed E-state index contributed by atoms with van der Waals surface area (Å²) in [6, 6.07) is -0.909. The third-order valence-electron chi connectivity index (χ3n) is 13.8. The summed E-state index contributed by atoms with van der Waals surface area (Å²) in [7, 11) is 1.16. The molecule has 10 heteroatoms. The number of hydrogen-bond acceptors (Lipinski definition) is 7. The van der Waals surface area contributed by atoms with Crippen molar-refractivity contribution in [2.24, 2.45) is 0 Å². The quantitative estimate of drug-likeness (QED) is 0.0161. The lowest BCUT2D eigenvalue weighted by molar-refractivity contribution is -0.870. The molecule has 3 unspecified atom stereocenters. The molecule has 0 aromatic carbocycles. The summed E-state index contributed by atoms with van der Waals surface area (Å²) in [5.41, 5.74) is 0. The van der Waals surface area contributed by atoms with Gasteiger partial charge in [-0.05, 0) is 51.0 Å². The number of allylic oxidation sites excluding steroid dienone is 13. The van der Waals surface area contributed by atoms with E-state index in [1.165, 1.54) is 167 Å². The highest BCUT2D eigenvalue weighted by molar-refractivity contribution is 7.45. The van der Waals surface area contributed by atoms with Gasteiger partial charge in [-0.2, -0.15) is 0 Å². The molecule has 3 atom stereocenters. The predicted molar refractivity (Wildman–Crippen MR) is 325 cm³/mol. The van der Waals surface area contributed by atoms with Gasteiger partial charge in [0.2, 0.25) is 5.91 Å². The van der Waals surface area contributed by atoms with Crippen LogP contribution < -0.4 is 10.2 Å². The molecule has 0 aliphatic carbocycles. The third kappa shape index (κ3) is 55.9. The summed E-state index contributed by atoms with van der Waals surface area (Å²) in [5.74, 6) is -0.588. The minimum absolute atomic E-state index is 0.0322. The number of rotatable bonds is 56. The minimum atomic E-state index is -4.71. The van der Waals surface area contributed by atoms with Gasteiger partial charge in [0.1, 0.15) is 19.3 Å². The van der Waals surface area contributed by atoms with Crippen molar-refractivity contribution in [3.05, 3.63) is 85.1 Å². The van der Waals surface area contributed by atoms with Crippen LogP contribution in [0.5, 0.6) is 0 Å². The van der Waals surface area contributed by atoms with Gasteiger partial charge in [0, 0.05) is 12.8 Å². The topological polar surface area (TPSA) is 114 Å². The van der Waals surface area contributed by atoms with E-state index in [4.69, 9.17) is 13.8 Å². The average molecular weight is 1080 g/mol. The lowest BCUT2D eigenvalue weighted by Gasteiger charge is -2.30. The molecular formula is C66H119N2O7P. The van der Waals surface area contributed by atoms with Crippen LogP contribution in [0.3, 0.4) is 0 Å². The number of unbranched alkanes of at least 4 members (excludes halogenated alkanes) is 33. The first kappa shape index (κ1) is 73.2. The molecule has 0 saturated heterocycles. The Morgan fingerprint density at radius 1 is 0.474 bits per heavy atom. The SMILES string of the molecule is CC\C=C/C=C/C=C/C=C\C=C\C=C\CCCCCC(=O)OC(/C=C/CCCCCCCCCCCC)C(COP(=O)([O-])OCC[N+](C)(C)C)NC(=O)CCCCCCCCCCCCCCCCCCCCCCC. The molecule has 0 spiro atoms. The summed E-state index contributed by atoms with van der Waals surface area (Å²) in [5, 5.41) is 3.02. The first-order chi connectivity index (χ1) is 36.9. The summed E-state index contributed by atoms with van der Waals surface area (Å²) >= 11 is 0. The summed E-state index contributed by atoms with van der Waals surface area (Å²) in [6.07, 6.45) is 72.7. The lowest BCUT2D eigenvalue weighted by atomic mass is 10.0. The van der Waals surface area contributed by atoms with Gasteiger partial charge in [0.15, 0.2) is 0 Å². The van der Waals surface area contributed by atoms with E-state index in [1.54, 1.807) is 0 Å². The molecule has 1 amide bonds. The van der Waals surface area contributed by atoms with Crippen LogP contribution in [0.25, 0.3) is 0 Å². The first-order valence-electron chi connectivity index (χ1n) is 31.5. The fourth-order valence-electron chi connectivity index (χ4n) is 8.91. The van der Waals surface area contributed by atoms with E-state index >= 15 is 0 Å². The highest BCUT2D eigenvalue weighted by Crippen LogP contribution is 2.38. The Labute approximate surface area is 469 Å². The molecule has 0 saturated carbocycles. The third-order valence-corrected chi connectivity index (χ3v) is 14.7. The molecule has 440 valence electrons. The second-order valence-corrected chi connectivity index (χ2v) is 23.8. The van der Waals surface area contributed by atoms with E-state index < -0.39 is 26.6 Å². The summed E-state index contributed by atoms with van der Waals surface area (Å²) < 4.78 is 30.3. The van der Waals surface area contributed by atoms with Crippen molar-refractivity contribution in [3.8, 4) is 0 Å². The van der Waals surface area contributed by atoms with Gasteiger partial charge >= 0.3 is 5.97 Å². The fourth-order valence-corrected chi connectivity index (χ4v) is 9.63.